The molecule has 1 aliphatic heterocycles. The maximum absolute atomic E-state index is 11.1. The summed E-state index contributed by atoms with van der Waals surface area (Å²) in [6.45, 7) is 3.73. The summed E-state index contributed by atoms with van der Waals surface area (Å²) < 4.78 is 0. The molecule has 1 saturated heterocycles. The van der Waals surface area contributed by atoms with Gasteiger partial charge in [0.25, 0.3) is 0 Å². The first-order valence-electron chi connectivity index (χ1n) is 3.72. The third-order valence-electron chi connectivity index (χ3n) is 1.79. The Morgan fingerprint density at radius 3 is 3.00 bits per heavy atom. The Kier molecular flexibility index (Phi) is 2.63. The first-order valence-corrected chi connectivity index (χ1v) is 3.72. The smallest absolute Gasteiger partial charge is 0.159 e. The minimum Gasteiger partial charge on any atom is -0.316 e. The molecular formula is C8H13NO. The predicted octanol–water partition coefficient (Wildman–Crippen LogP) is 0.741. The number of nitrogens with one attached hydrogen (secondary N) is 1. The second-order valence-corrected chi connectivity index (χ2v) is 2.59. The highest BCUT2D eigenvalue weighted by Gasteiger charge is 2.19. The van der Waals surface area contributed by atoms with Crippen LogP contribution in [0.15, 0.2) is 12.2 Å². The molecule has 1 fully saturated rings. The molecule has 0 aromatic carbocycles. The van der Waals surface area contributed by atoms with Crippen LogP contribution >= 0.6 is 0 Å². The topological polar surface area (TPSA) is 29.1 Å². The van der Waals surface area contributed by atoms with Crippen LogP contribution in [0, 0.1) is 5.92 Å². The van der Waals surface area contributed by atoms with Gasteiger partial charge in [-0.3, -0.25) is 4.79 Å². The molecule has 1 rings (SSSR count). The average molecular weight is 139 g/mol. The highest BCUT2D eigenvalue weighted by molar-refractivity contribution is 5.91. The molecule has 2 nitrogen and oxygen atoms in total. The molecule has 0 aliphatic carbocycles. The summed E-state index contributed by atoms with van der Waals surface area (Å²) in [5.74, 6) is 0.517. The fourth-order valence-electron chi connectivity index (χ4n) is 1.20. The van der Waals surface area contributed by atoms with E-state index in [2.05, 4.69) is 5.32 Å². The molecule has 1 heterocycles. The van der Waals surface area contributed by atoms with Gasteiger partial charge in [-0.2, -0.15) is 0 Å². The molecule has 0 unspecified atom stereocenters. The summed E-state index contributed by atoms with van der Waals surface area (Å²) in [6, 6.07) is 0. The fourth-order valence-corrected chi connectivity index (χ4v) is 1.20. The molecular weight excluding hydrogens is 126 g/mol. The van der Waals surface area contributed by atoms with E-state index in [4.69, 9.17) is 0 Å². The summed E-state index contributed by atoms with van der Waals surface area (Å²) in [6.07, 6.45) is 4.47. The fraction of sp³-hybridized carbons (Fsp3) is 0.625. The lowest BCUT2D eigenvalue weighted by atomic mass is 10.0. The van der Waals surface area contributed by atoms with Crippen LogP contribution < -0.4 is 5.32 Å². The van der Waals surface area contributed by atoms with Crippen molar-refractivity contribution >= 4 is 5.78 Å². The lowest BCUT2D eigenvalue weighted by Gasteiger charge is -2.00. The molecule has 0 radical (unpaired) electrons. The van der Waals surface area contributed by atoms with Gasteiger partial charge in [-0.1, -0.05) is 6.08 Å². The van der Waals surface area contributed by atoms with Crippen LogP contribution in [-0.2, 0) is 4.79 Å². The number of hydrogen-bond donors (Lipinski definition) is 1. The number of hydrogen-bond acceptors (Lipinski definition) is 2. The monoisotopic (exact) mass is 139 g/mol. The molecule has 0 bridgehead atoms. The van der Waals surface area contributed by atoms with E-state index < -0.39 is 0 Å². The molecule has 1 atom stereocenters. The van der Waals surface area contributed by atoms with Crippen molar-refractivity contribution < 1.29 is 4.79 Å². The molecule has 0 aromatic rings. The van der Waals surface area contributed by atoms with Gasteiger partial charge in [0.05, 0.1) is 0 Å². The molecule has 56 valence electrons. The van der Waals surface area contributed by atoms with Crippen molar-refractivity contribution in [2.24, 2.45) is 5.92 Å². The van der Waals surface area contributed by atoms with Gasteiger partial charge in [0.2, 0.25) is 0 Å². The molecule has 2 heteroatoms. The number of carbonyl (C=O) groups excluding carboxylic acids is 1. The molecule has 1 aliphatic rings. The van der Waals surface area contributed by atoms with Gasteiger partial charge in [-0.05, 0) is 26.0 Å². The van der Waals surface area contributed by atoms with Crippen LogP contribution in [0.1, 0.15) is 13.3 Å². The van der Waals surface area contributed by atoms with Gasteiger partial charge >= 0.3 is 0 Å². The quantitative estimate of drug-likeness (QED) is 0.572. The zero-order valence-electron chi connectivity index (χ0n) is 6.26. The zero-order chi connectivity index (χ0) is 7.40. The largest absolute Gasteiger partial charge is 0.316 e. The van der Waals surface area contributed by atoms with Crippen molar-refractivity contribution in [2.45, 2.75) is 13.3 Å². The maximum atomic E-state index is 11.1. The Morgan fingerprint density at radius 1 is 1.70 bits per heavy atom. The number of allylic oxidation sites excluding steroid dienone is 2. The van der Waals surface area contributed by atoms with Crippen molar-refractivity contribution in [3.05, 3.63) is 12.2 Å². The van der Waals surface area contributed by atoms with Crippen LogP contribution in [0.2, 0.25) is 0 Å². The minimum absolute atomic E-state index is 0.246. The standard InChI is InChI=1S/C8H13NO/c1-2-3-8(10)7-4-5-9-6-7/h2-3,7,9H,4-6H2,1H3/b3-2+/t7-/m0/s1. The number of ketones is 1. The summed E-state index contributed by atoms with van der Waals surface area (Å²) in [5, 5.41) is 3.16. The number of carbonyl (C=O) groups is 1. The Hall–Kier alpha value is -0.630. The van der Waals surface area contributed by atoms with Gasteiger partial charge < -0.3 is 5.32 Å². The molecule has 0 saturated carbocycles. The van der Waals surface area contributed by atoms with Gasteiger partial charge in [0.15, 0.2) is 5.78 Å². The van der Waals surface area contributed by atoms with E-state index in [0.29, 0.717) is 0 Å². The molecule has 1 N–H and O–H groups in total. The van der Waals surface area contributed by atoms with E-state index >= 15 is 0 Å². The summed E-state index contributed by atoms with van der Waals surface area (Å²) in [7, 11) is 0. The minimum atomic E-state index is 0.246. The van der Waals surface area contributed by atoms with Crippen LogP contribution in [0.5, 0.6) is 0 Å². The van der Waals surface area contributed by atoms with Gasteiger partial charge in [-0.15, -0.1) is 0 Å². The highest BCUT2D eigenvalue weighted by atomic mass is 16.1. The van der Waals surface area contributed by atoms with Crippen molar-refractivity contribution in [3.8, 4) is 0 Å². The SMILES string of the molecule is C/C=C/C(=O)[C@H]1CCNC1. The van der Waals surface area contributed by atoms with Gasteiger partial charge in [0.1, 0.15) is 0 Å². The van der Waals surface area contributed by atoms with Crippen molar-refractivity contribution in [3.63, 3.8) is 0 Å². The third kappa shape index (κ3) is 1.67. The van der Waals surface area contributed by atoms with Crippen molar-refractivity contribution in [1.82, 2.24) is 5.32 Å². The Morgan fingerprint density at radius 2 is 2.50 bits per heavy atom. The van der Waals surface area contributed by atoms with E-state index in [1.807, 2.05) is 6.92 Å². The van der Waals surface area contributed by atoms with E-state index in [1.54, 1.807) is 12.2 Å². The number of rotatable bonds is 2. The Balaban J connectivity index is 2.40. The molecule has 10 heavy (non-hydrogen) atoms. The van der Waals surface area contributed by atoms with Crippen molar-refractivity contribution in [2.75, 3.05) is 13.1 Å². The summed E-state index contributed by atoms with van der Waals surface area (Å²) >= 11 is 0. The van der Waals surface area contributed by atoms with Crippen LogP contribution in [0.25, 0.3) is 0 Å². The van der Waals surface area contributed by atoms with E-state index in [1.165, 1.54) is 0 Å². The van der Waals surface area contributed by atoms with E-state index in [9.17, 15) is 4.79 Å². The summed E-state index contributed by atoms with van der Waals surface area (Å²) in [5.41, 5.74) is 0. The molecule has 0 aromatic heterocycles. The van der Waals surface area contributed by atoms with Crippen LogP contribution in [-0.4, -0.2) is 18.9 Å². The van der Waals surface area contributed by atoms with E-state index in [0.717, 1.165) is 19.5 Å². The zero-order valence-corrected chi connectivity index (χ0v) is 6.26. The third-order valence-corrected chi connectivity index (χ3v) is 1.79. The Bertz CT molecular complexity index is 145. The van der Waals surface area contributed by atoms with Crippen LogP contribution in [0.4, 0.5) is 0 Å². The normalized spacial score (nSPS) is 25.9. The molecule has 0 amide bonds. The van der Waals surface area contributed by atoms with Crippen LogP contribution in [0.3, 0.4) is 0 Å². The predicted molar refractivity (Wildman–Crippen MR) is 40.8 cm³/mol. The van der Waals surface area contributed by atoms with E-state index in [-0.39, 0.29) is 11.7 Å². The lowest BCUT2D eigenvalue weighted by Crippen LogP contribution is -2.15. The van der Waals surface area contributed by atoms with Crippen molar-refractivity contribution in [1.29, 1.82) is 0 Å². The second-order valence-electron chi connectivity index (χ2n) is 2.59. The summed E-state index contributed by atoms with van der Waals surface area (Å²) in [4.78, 5) is 11.1. The lowest BCUT2D eigenvalue weighted by molar-refractivity contribution is -0.117. The first-order chi connectivity index (χ1) is 4.84. The van der Waals surface area contributed by atoms with Gasteiger partial charge in [0, 0.05) is 12.5 Å². The maximum Gasteiger partial charge on any atom is 0.159 e. The first kappa shape index (κ1) is 7.48. The van der Waals surface area contributed by atoms with Gasteiger partial charge in [-0.25, -0.2) is 0 Å². The highest BCUT2D eigenvalue weighted by Crippen LogP contribution is 2.08. The second kappa shape index (κ2) is 3.52. The average Bonchev–Trinajstić information content (AvgIpc) is 2.38. The Labute approximate surface area is 61.3 Å². The molecule has 0 spiro atoms.